The predicted octanol–water partition coefficient (Wildman–Crippen LogP) is 5.65. The fourth-order valence-corrected chi connectivity index (χ4v) is 2.45. The molecule has 0 aliphatic carbocycles. The first kappa shape index (κ1) is 24.7. The second-order valence-electron chi connectivity index (χ2n) is 6.10. The maximum Gasteiger partial charge on any atom is 0.311 e. The number of benzene rings is 2. The highest BCUT2D eigenvalue weighted by Crippen LogP contribution is 2.24. The van der Waals surface area contributed by atoms with Crippen molar-refractivity contribution >= 4 is 40.2 Å². The fourth-order valence-electron chi connectivity index (χ4n) is 2.27. The molecule has 168 valence electrons. The van der Waals surface area contributed by atoms with E-state index in [2.05, 4.69) is 15.3 Å². The number of para-hydroxylation sites is 2. The first-order valence-corrected chi connectivity index (χ1v) is 9.73. The van der Waals surface area contributed by atoms with Gasteiger partial charge in [0.2, 0.25) is 11.0 Å². The molecule has 10 nitrogen and oxygen atoms in total. The third kappa shape index (κ3) is 8.59. The number of pyridine rings is 2. The lowest BCUT2D eigenvalue weighted by atomic mass is 10.3. The van der Waals surface area contributed by atoms with Gasteiger partial charge in [0.25, 0.3) is 0 Å². The number of nitro groups is 2. The number of nitrogens with two attached hydrogens (primary N) is 1. The summed E-state index contributed by atoms with van der Waals surface area (Å²) in [5.74, 6) is 0.249. The maximum atomic E-state index is 10.7. The van der Waals surface area contributed by atoms with Gasteiger partial charge in [-0.05, 0) is 36.4 Å². The summed E-state index contributed by atoms with van der Waals surface area (Å²) < 4.78 is 0. The number of nitrogen functional groups attached to an aromatic ring is 1. The number of halogens is 1. The Morgan fingerprint density at radius 3 is 1.70 bits per heavy atom. The standard InChI is InChI=1S/C11H9N3O2.C6H7N.C5H3ClN2O2/c15-14(16)10-7-4-8-12-11(10)13-9-5-2-1-3-6-9;7-6-4-2-1-3-5-6;6-5-4(8(9)10)2-1-3-7-5/h1-8H,(H,12,13);1-5H,7H2;1-3H. The van der Waals surface area contributed by atoms with Gasteiger partial charge >= 0.3 is 11.4 Å². The zero-order valence-corrected chi connectivity index (χ0v) is 17.9. The maximum absolute atomic E-state index is 10.7. The van der Waals surface area contributed by atoms with Crippen molar-refractivity contribution in [2.45, 2.75) is 0 Å². The largest absolute Gasteiger partial charge is 0.399 e. The Balaban J connectivity index is 0.000000193. The van der Waals surface area contributed by atoms with Gasteiger partial charge in [0.1, 0.15) is 0 Å². The van der Waals surface area contributed by atoms with Crippen LogP contribution in [0.1, 0.15) is 0 Å². The van der Waals surface area contributed by atoms with Crippen LogP contribution in [0.4, 0.5) is 28.6 Å². The van der Waals surface area contributed by atoms with Gasteiger partial charge in [0.15, 0.2) is 0 Å². The van der Waals surface area contributed by atoms with Crippen LogP contribution < -0.4 is 11.1 Å². The molecule has 0 unspecified atom stereocenters. The second-order valence-corrected chi connectivity index (χ2v) is 6.46. The van der Waals surface area contributed by atoms with Crippen LogP contribution in [0.5, 0.6) is 0 Å². The van der Waals surface area contributed by atoms with Gasteiger partial charge in [-0.1, -0.05) is 48.0 Å². The van der Waals surface area contributed by atoms with E-state index in [1.54, 1.807) is 0 Å². The third-order valence-corrected chi connectivity index (χ3v) is 4.05. The number of hydrogen-bond acceptors (Lipinski definition) is 8. The zero-order valence-electron chi connectivity index (χ0n) is 17.1. The van der Waals surface area contributed by atoms with Gasteiger partial charge in [-0.15, -0.1) is 0 Å². The van der Waals surface area contributed by atoms with Crippen molar-refractivity contribution in [1.82, 2.24) is 9.97 Å². The van der Waals surface area contributed by atoms with Crippen LogP contribution in [-0.4, -0.2) is 19.8 Å². The number of hydrogen-bond donors (Lipinski definition) is 2. The normalized spacial score (nSPS) is 9.36. The molecule has 11 heteroatoms. The van der Waals surface area contributed by atoms with E-state index in [9.17, 15) is 20.2 Å². The Bertz CT molecular complexity index is 1180. The van der Waals surface area contributed by atoms with Gasteiger partial charge < -0.3 is 11.1 Å². The molecule has 0 radical (unpaired) electrons. The smallest absolute Gasteiger partial charge is 0.311 e. The Morgan fingerprint density at radius 2 is 1.24 bits per heavy atom. The Kier molecular flexibility index (Phi) is 9.71. The number of anilines is 3. The van der Waals surface area contributed by atoms with Gasteiger partial charge in [-0.2, -0.15) is 0 Å². The van der Waals surface area contributed by atoms with Crippen molar-refractivity contribution in [2.75, 3.05) is 11.1 Å². The predicted molar refractivity (Wildman–Crippen MR) is 127 cm³/mol. The molecular weight excluding hydrogens is 448 g/mol. The lowest BCUT2D eigenvalue weighted by molar-refractivity contribution is -0.385. The molecule has 2 aromatic heterocycles. The van der Waals surface area contributed by atoms with Crippen LogP contribution in [0, 0.1) is 20.2 Å². The van der Waals surface area contributed by atoms with Gasteiger partial charge in [0.05, 0.1) is 9.85 Å². The highest BCUT2D eigenvalue weighted by Gasteiger charge is 2.13. The Labute approximate surface area is 194 Å². The van der Waals surface area contributed by atoms with Crippen LogP contribution in [0.3, 0.4) is 0 Å². The van der Waals surface area contributed by atoms with Crippen LogP contribution in [-0.2, 0) is 0 Å². The molecule has 3 N–H and O–H groups in total. The van der Waals surface area contributed by atoms with Gasteiger partial charge in [-0.3, -0.25) is 20.2 Å². The molecule has 4 rings (SSSR count). The topological polar surface area (TPSA) is 150 Å². The van der Waals surface area contributed by atoms with E-state index < -0.39 is 9.85 Å². The lowest BCUT2D eigenvalue weighted by Crippen LogP contribution is -1.98. The van der Waals surface area contributed by atoms with E-state index in [-0.39, 0.29) is 22.3 Å². The van der Waals surface area contributed by atoms with Gasteiger partial charge in [0, 0.05) is 35.9 Å². The van der Waals surface area contributed by atoms with Gasteiger partial charge in [-0.25, -0.2) is 9.97 Å². The average molecular weight is 467 g/mol. The Hall–Kier alpha value is -4.57. The Morgan fingerprint density at radius 1 is 0.727 bits per heavy atom. The molecule has 0 aliphatic heterocycles. The molecule has 0 amide bonds. The summed E-state index contributed by atoms with van der Waals surface area (Å²) in [4.78, 5) is 27.3. The van der Waals surface area contributed by atoms with E-state index in [1.807, 2.05) is 60.7 Å². The van der Waals surface area contributed by atoms with Crippen LogP contribution >= 0.6 is 11.6 Å². The number of nitrogens with zero attached hydrogens (tertiary/aromatic N) is 4. The molecule has 0 saturated heterocycles. The van der Waals surface area contributed by atoms with Crippen LogP contribution in [0.15, 0.2) is 97.3 Å². The molecule has 0 fully saturated rings. The van der Waals surface area contributed by atoms with E-state index in [1.165, 1.54) is 36.7 Å². The van der Waals surface area contributed by atoms with Crippen LogP contribution in [0.2, 0.25) is 5.15 Å². The summed E-state index contributed by atoms with van der Waals surface area (Å²) in [5.41, 5.74) is 6.75. The summed E-state index contributed by atoms with van der Waals surface area (Å²) >= 11 is 5.37. The zero-order chi connectivity index (χ0) is 24.1. The van der Waals surface area contributed by atoms with Crippen LogP contribution in [0.25, 0.3) is 0 Å². The second kappa shape index (κ2) is 13.0. The summed E-state index contributed by atoms with van der Waals surface area (Å²) in [6.45, 7) is 0. The lowest BCUT2D eigenvalue weighted by Gasteiger charge is -2.04. The van der Waals surface area contributed by atoms with E-state index in [0.717, 1.165) is 11.4 Å². The molecule has 4 aromatic rings. The van der Waals surface area contributed by atoms with Crippen molar-refractivity contribution < 1.29 is 9.85 Å². The van der Waals surface area contributed by atoms with E-state index >= 15 is 0 Å². The fraction of sp³-hybridized carbons (Fsp3) is 0. The molecule has 0 bridgehead atoms. The monoisotopic (exact) mass is 466 g/mol. The van der Waals surface area contributed by atoms with Crippen molar-refractivity contribution in [3.8, 4) is 0 Å². The molecule has 0 atom stereocenters. The highest BCUT2D eigenvalue weighted by molar-refractivity contribution is 6.31. The minimum Gasteiger partial charge on any atom is -0.399 e. The van der Waals surface area contributed by atoms with E-state index in [0.29, 0.717) is 0 Å². The summed E-state index contributed by atoms with van der Waals surface area (Å²) in [7, 11) is 0. The van der Waals surface area contributed by atoms with Crippen molar-refractivity contribution in [3.05, 3.63) is 123 Å². The number of aromatic nitrogens is 2. The first-order valence-electron chi connectivity index (χ1n) is 9.35. The summed E-state index contributed by atoms with van der Waals surface area (Å²) in [6.07, 6.45) is 2.91. The quantitative estimate of drug-likeness (QED) is 0.169. The van der Waals surface area contributed by atoms with Crippen molar-refractivity contribution in [1.29, 1.82) is 0 Å². The molecular formula is C22H19ClN6O4. The third-order valence-electron chi connectivity index (χ3n) is 3.76. The molecule has 0 saturated carbocycles. The molecule has 0 aliphatic rings. The molecule has 2 heterocycles. The highest BCUT2D eigenvalue weighted by atomic mass is 35.5. The average Bonchev–Trinajstić information content (AvgIpc) is 2.81. The molecule has 2 aromatic carbocycles. The summed E-state index contributed by atoms with van der Waals surface area (Å²) in [6, 6.07) is 24.4. The van der Waals surface area contributed by atoms with Crippen molar-refractivity contribution in [3.63, 3.8) is 0 Å². The minimum absolute atomic E-state index is 0.0358. The van der Waals surface area contributed by atoms with E-state index in [4.69, 9.17) is 17.3 Å². The number of nitrogens with one attached hydrogen (secondary N) is 1. The minimum atomic E-state index is -0.574. The first-order chi connectivity index (χ1) is 15.9. The molecule has 0 spiro atoms. The molecule has 33 heavy (non-hydrogen) atoms. The number of rotatable bonds is 4. The SMILES string of the molecule is Nc1ccccc1.O=[N+]([O-])c1cccnc1Cl.O=[N+]([O-])c1cccnc1Nc1ccccc1. The summed E-state index contributed by atoms with van der Waals surface area (Å²) in [5, 5.41) is 23.7. The van der Waals surface area contributed by atoms with Crippen molar-refractivity contribution in [2.24, 2.45) is 0 Å².